The number of anilines is 1. The van der Waals surface area contributed by atoms with E-state index in [-0.39, 0.29) is 0 Å². The largest absolute Gasteiger partial charge is 0.383 e. The van der Waals surface area contributed by atoms with Crippen molar-refractivity contribution in [2.75, 3.05) is 5.73 Å². The highest BCUT2D eigenvalue weighted by Gasteiger charge is 2.22. The zero-order valence-corrected chi connectivity index (χ0v) is 12.2. The predicted molar refractivity (Wildman–Crippen MR) is 83.2 cm³/mol. The van der Waals surface area contributed by atoms with Crippen molar-refractivity contribution in [1.29, 1.82) is 0 Å². The van der Waals surface area contributed by atoms with E-state index in [9.17, 15) is 0 Å². The number of rotatable bonds is 2. The Morgan fingerprint density at radius 1 is 1.05 bits per heavy atom. The van der Waals surface area contributed by atoms with Crippen LogP contribution in [0.25, 0.3) is 5.69 Å². The first-order valence-electron chi connectivity index (χ1n) is 7.68. The van der Waals surface area contributed by atoms with Crippen LogP contribution in [0, 0.1) is 6.92 Å². The number of aromatic nitrogens is 2. The standard InChI is InChI=1S/C17H23N3/c1-13-16(14-9-5-2-3-6-10-14)19-20(17(13)18)15-11-7-4-8-12-15/h4,7-8,11-12,14H,2-3,5-6,9-10,18H2,1H3. The maximum atomic E-state index is 6.28. The van der Waals surface area contributed by atoms with E-state index >= 15 is 0 Å². The van der Waals surface area contributed by atoms with Crippen LogP contribution >= 0.6 is 0 Å². The van der Waals surface area contributed by atoms with E-state index in [1.54, 1.807) is 0 Å². The molecule has 0 radical (unpaired) electrons. The topological polar surface area (TPSA) is 43.8 Å². The number of nitrogen functional groups attached to an aromatic ring is 1. The van der Waals surface area contributed by atoms with Gasteiger partial charge in [0.15, 0.2) is 0 Å². The normalized spacial score (nSPS) is 17.1. The van der Waals surface area contributed by atoms with Crippen molar-refractivity contribution < 1.29 is 0 Å². The van der Waals surface area contributed by atoms with Gasteiger partial charge in [-0.2, -0.15) is 5.10 Å². The third-order valence-electron chi connectivity index (χ3n) is 4.45. The molecule has 20 heavy (non-hydrogen) atoms. The summed E-state index contributed by atoms with van der Waals surface area (Å²) in [7, 11) is 0. The molecular formula is C17H23N3. The summed E-state index contributed by atoms with van der Waals surface area (Å²) in [5.74, 6) is 1.38. The average Bonchev–Trinajstić information content (AvgIpc) is 2.69. The van der Waals surface area contributed by atoms with Crippen molar-refractivity contribution in [2.45, 2.75) is 51.4 Å². The minimum Gasteiger partial charge on any atom is -0.383 e. The summed E-state index contributed by atoms with van der Waals surface area (Å²) in [4.78, 5) is 0. The van der Waals surface area contributed by atoms with Crippen molar-refractivity contribution in [3.63, 3.8) is 0 Å². The molecule has 3 nitrogen and oxygen atoms in total. The molecule has 0 bridgehead atoms. The minimum absolute atomic E-state index is 0.588. The van der Waals surface area contributed by atoms with Gasteiger partial charge in [0.2, 0.25) is 0 Å². The molecule has 1 aromatic carbocycles. The molecule has 0 unspecified atom stereocenters. The second-order valence-corrected chi connectivity index (χ2v) is 5.83. The lowest BCUT2D eigenvalue weighted by atomic mass is 9.94. The van der Waals surface area contributed by atoms with Crippen LogP contribution in [0.1, 0.15) is 55.7 Å². The van der Waals surface area contributed by atoms with E-state index in [1.165, 1.54) is 49.8 Å². The van der Waals surface area contributed by atoms with Crippen LogP contribution in [0.3, 0.4) is 0 Å². The molecule has 2 aromatic rings. The van der Waals surface area contributed by atoms with Gasteiger partial charge in [0.25, 0.3) is 0 Å². The molecule has 0 aliphatic heterocycles. The van der Waals surface area contributed by atoms with Gasteiger partial charge < -0.3 is 5.73 Å². The number of hydrogen-bond donors (Lipinski definition) is 1. The van der Waals surface area contributed by atoms with Gasteiger partial charge in [-0.05, 0) is 31.9 Å². The Bertz CT molecular complexity index is 563. The van der Waals surface area contributed by atoms with Gasteiger partial charge in [0, 0.05) is 11.5 Å². The lowest BCUT2D eigenvalue weighted by molar-refractivity contribution is 0.569. The quantitative estimate of drug-likeness (QED) is 0.830. The summed E-state index contributed by atoms with van der Waals surface area (Å²) in [6.45, 7) is 2.11. The summed E-state index contributed by atoms with van der Waals surface area (Å²) in [6, 6.07) is 10.2. The lowest BCUT2D eigenvalue weighted by Crippen LogP contribution is -2.03. The molecule has 1 heterocycles. The molecule has 3 rings (SSSR count). The molecule has 0 spiro atoms. The fourth-order valence-electron chi connectivity index (χ4n) is 3.23. The van der Waals surface area contributed by atoms with E-state index < -0.39 is 0 Å². The maximum Gasteiger partial charge on any atom is 0.130 e. The molecule has 106 valence electrons. The molecular weight excluding hydrogens is 246 g/mol. The third kappa shape index (κ3) is 2.45. The van der Waals surface area contributed by atoms with Gasteiger partial charge in [-0.25, -0.2) is 4.68 Å². The lowest BCUT2D eigenvalue weighted by Gasteiger charge is -2.11. The minimum atomic E-state index is 0.588. The molecule has 0 amide bonds. The highest BCUT2D eigenvalue weighted by Crippen LogP contribution is 2.34. The predicted octanol–water partition coefficient (Wildman–Crippen LogP) is 4.20. The van der Waals surface area contributed by atoms with Crippen LogP contribution in [0.15, 0.2) is 30.3 Å². The summed E-state index contributed by atoms with van der Waals surface area (Å²) in [6.07, 6.45) is 7.89. The molecule has 2 N–H and O–H groups in total. The van der Waals surface area contributed by atoms with Gasteiger partial charge in [0.05, 0.1) is 11.4 Å². The third-order valence-corrected chi connectivity index (χ3v) is 4.45. The van der Waals surface area contributed by atoms with Crippen molar-refractivity contribution >= 4 is 5.82 Å². The Hall–Kier alpha value is -1.77. The van der Waals surface area contributed by atoms with Crippen molar-refractivity contribution in [3.8, 4) is 5.69 Å². The van der Waals surface area contributed by atoms with E-state index in [0.29, 0.717) is 5.92 Å². The second-order valence-electron chi connectivity index (χ2n) is 5.83. The highest BCUT2D eigenvalue weighted by molar-refractivity contribution is 5.50. The Labute approximate surface area is 120 Å². The van der Waals surface area contributed by atoms with Crippen molar-refractivity contribution in [3.05, 3.63) is 41.6 Å². The van der Waals surface area contributed by atoms with Gasteiger partial charge >= 0.3 is 0 Å². The SMILES string of the molecule is Cc1c(C2CCCCCC2)nn(-c2ccccc2)c1N. The number of nitrogens with two attached hydrogens (primary N) is 1. The Morgan fingerprint density at radius 3 is 2.35 bits per heavy atom. The number of hydrogen-bond acceptors (Lipinski definition) is 2. The summed E-state index contributed by atoms with van der Waals surface area (Å²) in [5, 5.41) is 4.84. The van der Waals surface area contributed by atoms with Gasteiger partial charge in [0.1, 0.15) is 5.82 Å². The zero-order chi connectivity index (χ0) is 13.9. The molecule has 0 saturated heterocycles. The molecule has 1 fully saturated rings. The molecule has 3 heteroatoms. The fourth-order valence-corrected chi connectivity index (χ4v) is 3.23. The second kappa shape index (κ2) is 5.70. The Kier molecular flexibility index (Phi) is 3.77. The molecule has 0 atom stereocenters. The van der Waals surface area contributed by atoms with Gasteiger partial charge in [-0.15, -0.1) is 0 Å². The molecule has 1 aliphatic rings. The van der Waals surface area contributed by atoms with E-state index in [1.807, 2.05) is 22.9 Å². The van der Waals surface area contributed by atoms with E-state index in [4.69, 9.17) is 10.8 Å². The molecule has 1 saturated carbocycles. The van der Waals surface area contributed by atoms with Crippen LogP contribution in [-0.4, -0.2) is 9.78 Å². The zero-order valence-electron chi connectivity index (χ0n) is 12.2. The van der Waals surface area contributed by atoms with Crippen LogP contribution in [0.2, 0.25) is 0 Å². The monoisotopic (exact) mass is 269 g/mol. The first-order chi connectivity index (χ1) is 9.77. The fraction of sp³-hybridized carbons (Fsp3) is 0.471. The summed E-state index contributed by atoms with van der Waals surface area (Å²) >= 11 is 0. The van der Waals surface area contributed by atoms with Crippen LogP contribution in [0.5, 0.6) is 0 Å². The van der Waals surface area contributed by atoms with Gasteiger partial charge in [-0.3, -0.25) is 0 Å². The number of para-hydroxylation sites is 1. The number of nitrogens with zero attached hydrogens (tertiary/aromatic N) is 2. The Balaban J connectivity index is 1.97. The molecule has 1 aliphatic carbocycles. The Morgan fingerprint density at radius 2 is 1.70 bits per heavy atom. The first-order valence-corrected chi connectivity index (χ1v) is 7.68. The first kappa shape index (κ1) is 13.2. The smallest absolute Gasteiger partial charge is 0.130 e. The number of benzene rings is 1. The van der Waals surface area contributed by atoms with Gasteiger partial charge in [-0.1, -0.05) is 43.9 Å². The van der Waals surface area contributed by atoms with Crippen molar-refractivity contribution in [2.24, 2.45) is 0 Å². The summed E-state index contributed by atoms with van der Waals surface area (Å²) in [5.41, 5.74) is 9.71. The summed E-state index contributed by atoms with van der Waals surface area (Å²) < 4.78 is 1.90. The van der Waals surface area contributed by atoms with E-state index in [2.05, 4.69) is 19.1 Å². The average molecular weight is 269 g/mol. The van der Waals surface area contributed by atoms with Crippen LogP contribution in [-0.2, 0) is 0 Å². The van der Waals surface area contributed by atoms with Crippen LogP contribution < -0.4 is 5.73 Å². The van der Waals surface area contributed by atoms with Crippen LogP contribution in [0.4, 0.5) is 5.82 Å². The molecule has 1 aromatic heterocycles. The maximum absolute atomic E-state index is 6.28. The van der Waals surface area contributed by atoms with Crippen molar-refractivity contribution in [1.82, 2.24) is 9.78 Å². The van der Waals surface area contributed by atoms with E-state index in [0.717, 1.165) is 11.5 Å². The highest BCUT2D eigenvalue weighted by atomic mass is 15.3.